The van der Waals surface area contributed by atoms with Crippen LogP contribution in [0.2, 0.25) is 0 Å². The van der Waals surface area contributed by atoms with Crippen LogP contribution in [0.1, 0.15) is 0 Å². The summed E-state index contributed by atoms with van der Waals surface area (Å²) in [7, 11) is 2.03. The van der Waals surface area contributed by atoms with Gasteiger partial charge in [0.1, 0.15) is 11.6 Å². The second kappa shape index (κ2) is 7.16. The number of hydrogen-bond donors (Lipinski definition) is 1. The highest BCUT2D eigenvalue weighted by Gasteiger charge is 2.22. The Balaban J connectivity index is 1.78. The minimum atomic E-state index is -0.210. The summed E-state index contributed by atoms with van der Waals surface area (Å²) in [6.45, 7) is 2.98. The predicted octanol–water partition coefficient (Wildman–Crippen LogP) is 2.43. The molecule has 0 aromatic heterocycles. The van der Waals surface area contributed by atoms with Gasteiger partial charge in [0.05, 0.1) is 0 Å². The Hall–Kier alpha value is -2.84. The fourth-order valence-electron chi connectivity index (χ4n) is 2.82. The van der Waals surface area contributed by atoms with Gasteiger partial charge in [-0.15, -0.1) is 0 Å². The largest absolute Gasteiger partial charge is 0.360 e. The molecule has 1 aliphatic rings. The molecule has 5 heteroatoms. The van der Waals surface area contributed by atoms with E-state index in [1.807, 2.05) is 55.6 Å². The topological polar surface area (TPSA) is 59.4 Å². The number of amides is 1. The maximum Gasteiger partial charge on any atom is 0.266 e. The lowest BCUT2D eigenvalue weighted by Crippen LogP contribution is -2.47. The Morgan fingerprint density at radius 3 is 2.58 bits per heavy atom. The number of piperazine rings is 1. The predicted molar refractivity (Wildman–Crippen MR) is 95.3 cm³/mol. The van der Waals surface area contributed by atoms with Crippen LogP contribution in [-0.2, 0) is 4.79 Å². The Morgan fingerprint density at radius 1 is 1.12 bits per heavy atom. The third-order valence-corrected chi connectivity index (χ3v) is 4.30. The minimum Gasteiger partial charge on any atom is -0.360 e. The van der Waals surface area contributed by atoms with E-state index in [1.54, 1.807) is 4.90 Å². The molecule has 3 rings (SSSR count). The summed E-state index contributed by atoms with van der Waals surface area (Å²) in [6.07, 6.45) is 1.52. The van der Waals surface area contributed by atoms with Crippen molar-refractivity contribution in [2.75, 3.05) is 38.5 Å². The van der Waals surface area contributed by atoms with Gasteiger partial charge in [-0.1, -0.05) is 36.4 Å². The van der Waals surface area contributed by atoms with Crippen LogP contribution in [0.15, 0.2) is 54.2 Å². The lowest BCUT2D eigenvalue weighted by molar-refractivity contribution is -0.128. The lowest BCUT2D eigenvalue weighted by atomic mass is 10.1. The van der Waals surface area contributed by atoms with Gasteiger partial charge in [-0.25, -0.2) is 0 Å². The molecule has 1 amide bonds. The van der Waals surface area contributed by atoms with E-state index in [1.165, 1.54) is 6.20 Å². The summed E-state index contributed by atoms with van der Waals surface area (Å²) in [5.74, 6) is -0.210. The van der Waals surface area contributed by atoms with Crippen LogP contribution in [0.25, 0.3) is 10.8 Å². The zero-order valence-electron chi connectivity index (χ0n) is 13.7. The lowest BCUT2D eigenvalue weighted by Gasteiger charge is -2.32. The van der Waals surface area contributed by atoms with E-state index in [-0.39, 0.29) is 11.5 Å². The summed E-state index contributed by atoms with van der Waals surface area (Å²) < 4.78 is 0. The van der Waals surface area contributed by atoms with Crippen LogP contribution in [-0.4, -0.2) is 48.9 Å². The molecule has 122 valence electrons. The molecule has 1 N–H and O–H groups in total. The van der Waals surface area contributed by atoms with E-state index in [9.17, 15) is 10.1 Å². The van der Waals surface area contributed by atoms with Crippen molar-refractivity contribution in [2.24, 2.45) is 0 Å². The second-order valence-electron chi connectivity index (χ2n) is 5.94. The first-order valence-electron chi connectivity index (χ1n) is 8.01. The Bertz CT molecular complexity index is 808. The van der Waals surface area contributed by atoms with Crippen LogP contribution in [0.5, 0.6) is 0 Å². The molecular weight excluding hydrogens is 300 g/mol. The molecule has 24 heavy (non-hydrogen) atoms. The minimum absolute atomic E-state index is 0.132. The molecule has 0 unspecified atom stereocenters. The van der Waals surface area contributed by atoms with Crippen molar-refractivity contribution in [3.05, 3.63) is 54.2 Å². The fourth-order valence-corrected chi connectivity index (χ4v) is 2.82. The van der Waals surface area contributed by atoms with Crippen LogP contribution in [0.3, 0.4) is 0 Å². The van der Waals surface area contributed by atoms with Crippen molar-refractivity contribution in [3.8, 4) is 6.07 Å². The molecule has 1 fully saturated rings. The summed E-state index contributed by atoms with van der Waals surface area (Å²) in [4.78, 5) is 16.4. The summed E-state index contributed by atoms with van der Waals surface area (Å²) in [5.41, 5.74) is 1.01. The highest BCUT2D eigenvalue weighted by atomic mass is 16.2. The van der Waals surface area contributed by atoms with Crippen LogP contribution >= 0.6 is 0 Å². The highest BCUT2D eigenvalue weighted by Crippen LogP contribution is 2.23. The molecule has 0 atom stereocenters. The van der Waals surface area contributed by atoms with Gasteiger partial charge in [0.2, 0.25) is 0 Å². The van der Waals surface area contributed by atoms with E-state index in [0.717, 1.165) is 29.5 Å². The molecule has 1 heterocycles. The van der Waals surface area contributed by atoms with Crippen molar-refractivity contribution in [1.29, 1.82) is 5.26 Å². The van der Waals surface area contributed by atoms with Gasteiger partial charge < -0.3 is 15.1 Å². The molecule has 1 saturated heterocycles. The summed E-state index contributed by atoms with van der Waals surface area (Å²) in [6, 6.07) is 15.9. The SMILES string of the molecule is CN1CCN(C(=O)/C(C#N)=C\Nc2cccc3ccccc23)CC1. The summed E-state index contributed by atoms with van der Waals surface area (Å²) in [5, 5.41) is 14.6. The number of nitriles is 1. The van der Waals surface area contributed by atoms with E-state index < -0.39 is 0 Å². The number of anilines is 1. The first-order valence-corrected chi connectivity index (χ1v) is 8.01. The number of rotatable bonds is 3. The van der Waals surface area contributed by atoms with Crippen molar-refractivity contribution in [2.45, 2.75) is 0 Å². The maximum atomic E-state index is 12.5. The molecule has 2 aromatic rings. The number of benzene rings is 2. The molecule has 0 spiro atoms. The van der Waals surface area contributed by atoms with Crippen LogP contribution < -0.4 is 5.32 Å². The van der Waals surface area contributed by atoms with Crippen molar-refractivity contribution in [1.82, 2.24) is 9.80 Å². The van der Waals surface area contributed by atoms with Gasteiger partial charge in [-0.3, -0.25) is 4.79 Å². The van der Waals surface area contributed by atoms with Gasteiger partial charge in [-0.05, 0) is 18.5 Å². The molecule has 0 radical (unpaired) electrons. The smallest absolute Gasteiger partial charge is 0.266 e. The highest BCUT2D eigenvalue weighted by molar-refractivity contribution is 5.99. The zero-order chi connectivity index (χ0) is 16.9. The van der Waals surface area contributed by atoms with Gasteiger partial charge >= 0.3 is 0 Å². The number of likely N-dealkylation sites (N-methyl/N-ethyl adjacent to an activating group) is 1. The second-order valence-corrected chi connectivity index (χ2v) is 5.94. The Labute approximate surface area is 141 Å². The van der Waals surface area contributed by atoms with Crippen LogP contribution in [0.4, 0.5) is 5.69 Å². The average molecular weight is 320 g/mol. The molecule has 0 bridgehead atoms. The van der Waals surface area contributed by atoms with E-state index in [4.69, 9.17) is 0 Å². The Kier molecular flexibility index (Phi) is 4.78. The number of nitrogens with one attached hydrogen (secondary N) is 1. The first kappa shape index (κ1) is 16.0. The van der Waals surface area contributed by atoms with Gasteiger partial charge in [0, 0.05) is 43.5 Å². The number of fused-ring (bicyclic) bond motifs is 1. The Morgan fingerprint density at radius 2 is 1.83 bits per heavy atom. The molecule has 0 saturated carbocycles. The van der Waals surface area contributed by atoms with Crippen molar-refractivity contribution >= 4 is 22.4 Å². The standard InChI is InChI=1S/C19H20N4O/c1-22-9-11-23(12-10-22)19(24)16(13-20)14-21-18-8-4-6-15-5-2-3-7-17(15)18/h2-8,14,21H,9-12H2,1H3/b16-14-. The average Bonchev–Trinajstić information content (AvgIpc) is 2.62. The zero-order valence-corrected chi connectivity index (χ0v) is 13.7. The van der Waals surface area contributed by atoms with Crippen LogP contribution in [0, 0.1) is 11.3 Å². The molecule has 0 aliphatic carbocycles. The number of nitrogens with zero attached hydrogens (tertiary/aromatic N) is 3. The maximum absolute atomic E-state index is 12.5. The third kappa shape index (κ3) is 3.39. The molecular formula is C19H20N4O. The number of hydrogen-bond acceptors (Lipinski definition) is 4. The quantitative estimate of drug-likeness (QED) is 0.697. The van der Waals surface area contributed by atoms with Gasteiger partial charge in [-0.2, -0.15) is 5.26 Å². The normalized spacial score (nSPS) is 16.0. The van der Waals surface area contributed by atoms with E-state index in [2.05, 4.69) is 10.2 Å². The molecule has 2 aromatic carbocycles. The van der Waals surface area contributed by atoms with Gasteiger partial charge in [0.25, 0.3) is 5.91 Å². The van der Waals surface area contributed by atoms with Crippen molar-refractivity contribution < 1.29 is 4.79 Å². The monoisotopic (exact) mass is 320 g/mol. The van der Waals surface area contributed by atoms with E-state index >= 15 is 0 Å². The summed E-state index contributed by atoms with van der Waals surface area (Å²) >= 11 is 0. The first-order chi connectivity index (χ1) is 11.7. The van der Waals surface area contributed by atoms with Gasteiger partial charge in [0.15, 0.2) is 0 Å². The number of carbonyl (C=O) groups is 1. The third-order valence-electron chi connectivity index (χ3n) is 4.30. The fraction of sp³-hybridized carbons (Fsp3) is 0.263. The molecule has 5 nitrogen and oxygen atoms in total. The molecule has 1 aliphatic heterocycles. The number of carbonyl (C=O) groups excluding carboxylic acids is 1. The van der Waals surface area contributed by atoms with Crippen molar-refractivity contribution in [3.63, 3.8) is 0 Å². The van der Waals surface area contributed by atoms with E-state index in [0.29, 0.717) is 13.1 Å².